The van der Waals surface area contributed by atoms with Gasteiger partial charge in [-0.05, 0) is 37.9 Å². The molecule has 9 heteroatoms. The zero-order chi connectivity index (χ0) is 28.0. The first-order valence-corrected chi connectivity index (χ1v) is 15.6. The van der Waals surface area contributed by atoms with Crippen LogP contribution in [0.3, 0.4) is 0 Å². The fraction of sp³-hybridized carbons (Fsp3) is 0.800. The summed E-state index contributed by atoms with van der Waals surface area (Å²) in [5, 5.41) is 12.4. The van der Waals surface area contributed by atoms with E-state index in [-0.39, 0.29) is 12.5 Å². The molecular weight excluding hydrogens is 494 g/mol. The van der Waals surface area contributed by atoms with E-state index in [1.165, 1.54) is 77.2 Å². The predicted molar refractivity (Wildman–Crippen MR) is 158 cm³/mol. The van der Waals surface area contributed by atoms with Crippen molar-refractivity contribution >= 4 is 11.7 Å². The zero-order valence-electron chi connectivity index (χ0n) is 24.4. The van der Waals surface area contributed by atoms with Gasteiger partial charge in [0.25, 0.3) is 11.0 Å². The molecule has 2 rings (SSSR count). The second-order valence-electron chi connectivity index (χ2n) is 10.8. The lowest BCUT2D eigenvalue weighted by atomic mass is 10.0. The number of carbonyl (C=O) groups is 1. The summed E-state index contributed by atoms with van der Waals surface area (Å²) in [6, 6.07) is 3.89. The van der Waals surface area contributed by atoms with E-state index in [9.17, 15) is 14.9 Å². The lowest BCUT2D eigenvalue weighted by Crippen LogP contribution is -2.46. The standard InChI is InChI=1S/C30H53N5O4/c1-2-3-21-33-22-24-34(25-23-33)29-19-18-28(27-32-29)30(36)31-20-16-14-12-10-8-6-4-5-7-9-11-13-15-17-26-39-35(37)38/h18-19,27H,2-17,20-26H2,1H3,(H,31,36). The molecule has 1 fully saturated rings. The van der Waals surface area contributed by atoms with Crippen LogP contribution in [0, 0.1) is 10.1 Å². The topological polar surface area (TPSA) is 101 Å². The summed E-state index contributed by atoms with van der Waals surface area (Å²) in [7, 11) is 0. The molecule has 0 unspecified atom stereocenters. The molecule has 1 aromatic rings. The number of unbranched alkanes of at least 4 members (excludes halogenated alkanes) is 14. The number of hydrogen-bond donors (Lipinski definition) is 1. The first-order valence-electron chi connectivity index (χ1n) is 15.6. The number of piperazine rings is 1. The summed E-state index contributed by atoms with van der Waals surface area (Å²) >= 11 is 0. The molecule has 0 aromatic carbocycles. The van der Waals surface area contributed by atoms with Gasteiger partial charge in [0.2, 0.25) is 0 Å². The SMILES string of the molecule is CCCCN1CCN(c2ccc(C(=O)NCCCCCCCCCCCCCCCCO[N+](=O)[O-])cn2)CC1. The number of nitrogens with zero attached hydrogens (tertiary/aromatic N) is 4. The highest BCUT2D eigenvalue weighted by Crippen LogP contribution is 2.15. The van der Waals surface area contributed by atoms with E-state index < -0.39 is 5.09 Å². The second-order valence-corrected chi connectivity index (χ2v) is 10.8. The van der Waals surface area contributed by atoms with Crippen LogP contribution in [0.4, 0.5) is 5.82 Å². The molecule has 0 spiro atoms. The van der Waals surface area contributed by atoms with Gasteiger partial charge in [-0.2, -0.15) is 0 Å². The number of pyridine rings is 1. The molecule has 1 aromatic heterocycles. The van der Waals surface area contributed by atoms with Crippen molar-refractivity contribution in [2.24, 2.45) is 0 Å². The summed E-state index contributed by atoms with van der Waals surface area (Å²) in [6.45, 7) is 8.54. The summed E-state index contributed by atoms with van der Waals surface area (Å²) < 4.78 is 0. The highest BCUT2D eigenvalue weighted by molar-refractivity contribution is 5.94. The maximum atomic E-state index is 12.5. The van der Waals surface area contributed by atoms with Gasteiger partial charge in [-0.3, -0.25) is 9.69 Å². The third kappa shape index (κ3) is 15.7. The van der Waals surface area contributed by atoms with E-state index in [0.29, 0.717) is 5.56 Å². The Kier molecular flexibility index (Phi) is 18.0. The van der Waals surface area contributed by atoms with Gasteiger partial charge in [0.15, 0.2) is 0 Å². The predicted octanol–water partition coefficient (Wildman–Crippen LogP) is 6.40. The Balaban J connectivity index is 1.38. The van der Waals surface area contributed by atoms with E-state index in [1.54, 1.807) is 6.20 Å². The van der Waals surface area contributed by atoms with Crippen molar-refractivity contribution < 1.29 is 14.7 Å². The van der Waals surface area contributed by atoms with Gasteiger partial charge in [0, 0.05) is 38.9 Å². The van der Waals surface area contributed by atoms with Gasteiger partial charge < -0.3 is 15.1 Å². The molecule has 0 saturated carbocycles. The molecule has 1 N–H and O–H groups in total. The summed E-state index contributed by atoms with van der Waals surface area (Å²) in [5.41, 5.74) is 0.641. The number of nitrogens with one attached hydrogen (secondary N) is 1. The lowest BCUT2D eigenvalue weighted by Gasteiger charge is -2.35. The van der Waals surface area contributed by atoms with Gasteiger partial charge in [0.1, 0.15) is 5.82 Å². The molecule has 2 heterocycles. The van der Waals surface area contributed by atoms with Crippen LogP contribution in [0.2, 0.25) is 0 Å². The van der Waals surface area contributed by atoms with E-state index >= 15 is 0 Å². The summed E-state index contributed by atoms with van der Waals surface area (Å²) in [4.78, 5) is 36.2. The fourth-order valence-corrected chi connectivity index (χ4v) is 5.08. The Labute approximate surface area is 236 Å². The molecule has 1 aliphatic rings. The van der Waals surface area contributed by atoms with Crippen molar-refractivity contribution in [1.82, 2.24) is 15.2 Å². The largest absolute Gasteiger partial charge is 0.354 e. The molecular formula is C30H53N5O4. The van der Waals surface area contributed by atoms with Crippen LogP contribution in [0.5, 0.6) is 0 Å². The Morgan fingerprint density at radius 3 is 1.95 bits per heavy atom. The minimum absolute atomic E-state index is 0.0257. The number of aromatic nitrogens is 1. The van der Waals surface area contributed by atoms with E-state index in [0.717, 1.165) is 70.6 Å². The molecule has 1 saturated heterocycles. The van der Waals surface area contributed by atoms with E-state index in [2.05, 4.69) is 31.9 Å². The molecule has 0 atom stereocenters. The van der Waals surface area contributed by atoms with Crippen molar-refractivity contribution in [3.8, 4) is 0 Å². The van der Waals surface area contributed by atoms with Crippen molar-refractivity contribution in [3.63, 3.8) is 0 Å². The molecule has 39 heavy (non-hydrogen) atoms. The van der Waals surface area contributed by atoms with Crippen LogP contribution in [0.15, 0.2) is 18.3 Å². The highest BCUT2D eigenvalue weighted by atomic mass is 16.9. The van der Waals surface area contributed by atoms with Crippen molar-refractivity contribution in [3.05, 3.63) is 34.0 Å². The zero-order valence-corrected chi connectivity index (χ0v) is 24.4. The van der Waals surface area contributed by atoms with Crippen LogP contribution in [0.25, 0.3) is 0 Å². The normalized spacial score (nSPS) is 13.9. The van der Waals surface area contributed by atoms with Crippen LogP contribution < -0.4 is 10.2 Å². The quantitative estimate of drug-likeness (QED) is 0.0960. The molecule has 0 aliphatic carbocycles. The smallest absolute Gasteiger partial charge is 0.294 e. The summed E-state index contributed by atoms with van der Waals surface area (Å²) in [6.07, 6.45) is 20.8. The first kappa shape index (κ1) is 32.8. The second kappa shape index (κ2) is 21.4. The highest BCUT2D eigenvalue weighted by Gasteiger charge is 2.17. The Morgan fingerprint density at radius 1 is 0.872 bits per heavy atom. The lowest BCUT2D eigenvalue weighted by molar-refractivity contribution is -0.757. The minimum Gasteiger partial charge on any atom is -0.354 e. The summed E-state index contributed by atoms with van der Waals surface area (Å²) in [5.74, 6) is 0.944. The van der Waals surface area contributed by atoms with Gasteiger partial charge >= 0.3 is 0 Å². The molecule has 0 bridgehead atoms. The first-order chi connectivity index (χ1) is 19.1. The Morgan fingerprint density at radius 2 is 1.44 bits per heavy atom. The van der Waals surface area contributed by atoms with E-state index in [4.69, 9.17) is 0 Å². The third-order valence-corrected chi connectivity index (χ3v) is 7.59. The Bertz CT molecular complexity index is 769. The van der Waals surface area contributed by atoms with Gasteiger partial charge in [-0.25, -0.2) is 4.98 Å². The minimum atomic E-state index is -0.712. The molecule has 1 aliphatic heterocycles. The van der Waals surface area contributed by atoms with E-state index in [1.807, 2.05) is 12.1 Å². The number of carbonyl (C=O) groups excluding carboxylic acids is 1. The van der Waals surface area contributed by atoms with Crippen molar-refractivity contribution in [1.29, 1.82) is 0 Å². The van der Waals surface area contributed by atoms with Crippen LogP contribution in [-0.2, 0) is 4.84 Å². The van der Waals surface area contributed by atoms with Crippen molar-refractivity contribution in [2.45, 2.75) is 110 Å². The van der Waals surface area contributed by atoms with Crippen LogP contribution >= 0.6 is 0 Å². The van der Waals surface area contributed by atoms with Gasteiger partial charge in [0.05, 0.1) is 12.2 Å². The van der Waals surface area contributed by atoms with Crippen molar-refractivity contribution in [2.75, 3.05) is 50.8 Å². The molecule has 0 radical (unpaired) electrons. The monoisotopic (exact) mass is 547 g/mol. The number of rotatable bonds is 23. The maximum Gasteiger partial charge on any atom is 0.294 e. The Hall–Kier alpha value is -2.42. The number of anilines is 1. The third-order valence-electron chi connectivity index (χ3n) is 7.59. The molecule has 1 amide bonds. The molecule has 9 nitrogen and oxygen atoms in total. The van der Waals surface area contributed by atoms with Gasteiger partial charge in [-0.1, -0.05) is 90.4 Å². The maximum absolute atomic E-state index is 12.5. The average molecular weight is 548 g/mol. The van der Waals surface area contributed by atoms with Crippen LogP contribution in [-0.4, -0.2) is 66.8 Å². The average Bonchev–Trinajstić information content (AvgIpc) is 2.95. The number of amides is 1. The molecule has 222 valence electrons. The fourth-order valence-electron chi connectivity index (χ4n) is 5.08. The van der Waals surface area contributed by atoms with Gasteiger partial charge in [-0.15, -0.1) is 10.1 Å². The van der Waals surface area contributed by atoms with Crippen LogP contribution in [0.1, 0.15) is 120 Å². The number of hydrogen-bond acceptors (Lipinski definition) is 7.